The van der Waals surface area contributed by atoms with Gasteiger partial charge in [0.2, 0.25) is 0 Å². The average molecular weight is 666 g/mol. The summed E-state index contributed by atoms with van der Waals surface area (Å²) in [5, 5.41) is 9.53. The molecule has 1 N–H and O–H groups in total. The number of esters is 2. The van der Waals surface area contributed by atoms with Crippen molar-refractivity contribution in [3.8, 4) is 0 Å². The van der Waals surface area contributed by atoms with Crippen molar-refractivity contribution in [1.29, 1.82) is 0 Å². The lowest BCUT2D eigenvalue weighted by Gasteiger charge is -2.21. The molecule has 0 spiro atoms. The van der Waals surface area contributed by atoms with Crippen molar-refractivity contribution in [2.45, 2.75) is 213 Å². The lowest BCUT2D eigenvalue weighted by atomic mass is 10.0. The van der Waals surface area contributed by atoms with Crippen molar-refractivity contribution in [3.63, 3.8) is 0 Å². The Morgan fingerprint density at radius 1 is 0.574 bits per heavy atom. The Morgan fingerprint density at radius 3 is 1.57 bits per heavy atom. The average Bonchev–Trinajstić information content (AvgIpc) is 3.05. The van der Waals surface area contributed by atoms with Crippen LogP contribution in [0.2, 0.25) is 0 Å². The summed E-state index contributed by atoms with van der Waals surface area (Å²) in [5.41, 5.74) is 0. The Kier molecular flexibility index (Phi) is 34.8. The summed E-state index contributed by atoms with van der Waals surface area (Å²) in [7, 11) is 0. The lowest BCUT2D eigenvalue weighted by molar-refractivity contribution is -0.150. The monoisotopic (exact) mass is 666 g/mol. The molecule has 1 unspecified atom stereocenters. The second-order valence-electron chi connectivity index (χ2n) is 13.9. The van der Waals surface area contributed by atoms with Gasteiger partial charge < -0.3 is 19.5 Å². The minimum atomic E-state index is -0.0984. The van der Waals surface area contributed by atoms with Crippen LogP contribution >= 0.6 is 0 Å². The number of hydrogen-bond acceptors (Lipinski definition) is 6. The molecular weight excluding hydrogens is 586 g/mol. The molecule has 0 radical (unpaired) electrons. The Morgan fingerprint density at radius 2 is 1.04 bits per heavy atom. The molecule has 0 aromatic rings. The van der Waals surface area contributed by atoms with E-state index >= 15 is 0 Å². The lowest BCUT2D eigenvalue weighted by Crippen LogP contribution is -2.29. The summed E-state index contributed by atoms with van der Waals surface area (Å²) in [6.07, 6.45) is 34.0. The quantitative estimate of drug-likeness (QED) is 0.0408. The van der Waals surface area contributed by atoms with E-state index in [-0.39, 0.29) is 30.8 Å². The highest BCUT2D eigenvalue weighted by Crippen LogP contribution is 2.18. The molecule has 0 aliphatic heterocycles. The molecule has 0 rings (SSSR count). The van der Waals surface area contributed by atoms with Crippen molar-refractivity contribution in [3.05, 3.63) is 12.2 Å². The number of allylic oxidation sites excluding steroid dienone is 1. The van der Waals surface area contributed by atoms with Crippen LogP contribution < -0.4 is 0 Å². The van der Waals surface area contributed by atoms with Gasteiger partial charge in [0.1, 0.15) is 12.2 Å². The summed E-state index contributed by atoms with van der Waals surface area (Å²) in [6, 6.07) is 0. The van der Waals surface area contributed by atoms with E-state index < -0.39 is 0 Å². The number of aliphatic hydroxyl groups is 1. The minimum Gasteiger partial charge on any atom is -0.462 e. The zero-order chi connectivity index (χ0) is 34.6. The van der Waals surface area contributed by atoms with Crippen molar-refractivity contribution in [2.24, 2.45) is 0 Å². The van der Waals surface area contributed by atoms with Crippen LogP contribution in [0.3, 0.4) is 0 Å². The molecule has 278 valence electrons. The van der Waals surface area contributed by atoms with Crippen molar-refractivity contribution >= 4 is 11.9 Å². The highest BCUT2D eigenvalue weighted by atomic mass is 16.5. The van der Waals surface area contributed by atoms with Gasteiger partial charge in [0, 0.05) is 25.8 Å². The van der Waals surface area contributed by atoms with E-state index in [1.54, 1.807) is 0 Å². The second kappa shape index (κ2) is 35.9. The molecule has 1 atom stereocenters. The van der Waals surface area contributed by atoms with E-state index in [0.717, 1.165) is 77.3 Å². The summed E-state index contributed by atoms with van der Waals surface area (Å²) < 4.78 is 11.6. The molecule has 0 aromatic heterocycles. The molecule has 0 heterocycles. The topological polar surface area (TPSA) is 76.1 Å². The third-order valence-electron chi connectivity index (χ3n) is 9.13. The molecule has 6 nitrogen and oxygen atoms in total. The van der Waals surface area contributed by atoms with Crippen molar-refractivity contribution < 1.29 is 24.2 Å². The minimum absolute atomic E-state index is 0.0222. The standard InChI is InChI=1S/C41H79NO5/c1-5-8-11-14-17-22-29-38(4)46-40(44)32-25-20-27-34-42(36-37-43)35-28-21-26-33-41(45)47-39(30-23-18-15-12-9-6-2)31-24-19-16-13-10-7-3/h17,22,38-39,43H,5-16,18-21,23-37H2,1-4H3/b22-17+. The predicted octanol–water partition coefficient (Wildman–Crippen LogP) is 11.3. The van der Waals surface area contributed by atoms with E-state index in [9.17, 15) is 14.7 Å². The number of nitrogens with zero attached hydrogens (tertiary/aromatic N) is 1. The maximum Gasteiger partial charge on any atom is 0.306 e. The SMILES string of the molecule is CCCCC/C=C/CC(C)OC(=O)CCCCCN(CCO)CCCCCC(=O)OC(CCCCCCCC)CCCCCCCC. The van der Waals surface area contributed by atoms with Gasteiger partial charge in [-0.1, -0.05) is 123 Å². The second-order valence-corrected chi connectivity index (χ2v) is 13.9. The summed E-state index contributed by atoms with van der Waals surface area (Å²) >= 11 is 0. The van der Waals surface area contributed by atoms with Crippen LogP contribution in [-0.2, 0) is 19.1 Å². The van der Waals surface area contributed by atoms with Crippen LogP contribution in [0.15, 0.2) is 12.2 Å². The van der Waals surface area contributed by atoms with Gasteiger partial charge in [-0.2, -0.15) is 0 Å². The van der Waals surface area contributed by atoms with Crippen LogP contribution in [0.4, 0.5) is 0 Å². The molecule has 0 aliphatic rings. The Labute approximate surface area is 292 Å². The van der Waals surface area contributed by atoms with E-state index in [1.807, 2.05) is 6.92 Å². The summed E-state index contributed by atoms with van der Waals surface area (Å²) in [4.78, 5) is 27.2. The molecule has 0 bridgehead atoms. The highest BCUT2D eigenvalue weighted by molar-refractivity contribution is 5.69. The number of unbranched alkanes of at least 4 members (excludes halogenated alkanes) is 17. The zero-order valence-corrected chi connectivity index (χ0v) is 31.8. The maximum absolute atomic E-state index is 12.7. The fraction of sp³-hybridized carbons (Fsp3) is 0.902. The van der Waals surface area contributed by atoms with Crippen LogP contribution in [0, 0.1) is 0 Å². The van der Waals surface area contributed by atoms with Gasteiger partial charge in [-0.25, -0.2) is 0 Å². The molecule has 6 heteroatoms. The molecule has 47 heavy (non-hydrogen) atoms. The van der Waals surface area contributed by atoms with E-state index in [2.05, 4.69) is 37.8 Å². The molecular formula is C41H79NO5. The van der Waals surface area contributed by atoms with E-state index in [4.69, 9.17) is 9.47 Å². The van der Waals surface area contributed by atoms with Gasteiger partial charge in [0.05, 0.1) is 6.61 Å². The third kappa shape index (κ3) is 32.9. The third-order valence-corrected chi connectivity index (χ3v) is 9.13. The van der Waals surface area contributed by atoms with Crippen LogP contribution in [0.1, 0.15) is 201 Å². The first-order valence-electron chi connectivity index (χ1n) is 20.3. The van der Waals surface area contributed by atoms with Crippen molar-refractivity contribution in [1.82, 2.24) is 4.90 Å². The van der Waals surface area contributed by atoms with E-state index in [0.29, 0.717) is 19.4 Å². The number of rotatable bonds is 36. The largest absolute Gasteiger partial charge is 0.462 e. The number of carbonyl (C=O) groups excluding carboxylic acids is 2. The smallest absolute Gasteiger partial charge is 0.306 e. The summed E-state index contributed by atoms with van der Waals surface area (Å²) in [5.74, 6) is -0.121. The molecule has 0 fully saturated rings. The molecule has 0 saturated carbocycles. The summed E-state index contributed by atoms with van der Waals surface area (Å²) in [6.45, 7) is 11.4. The predicted molar refractivity (Wildman–Crippen MR) is 200 cm³/mol. The van der Waals surface area contributed by atoms with Gasteiger partial charge in [0.25, 0.3) is 0 Å². The van der Waals surface area contributed by atoms with Crippen molar-refractivity contribution in [2.75, 3.05) is 26.2 Å². The zero-order valence-electron chi connectivity index (χ0n) is 31.8. The number of hydrogen-bond donors (Lipinski definition) is 1. The van der Waals surface area contributed by atoms with Gasteiger partial charge in [-0.3, -0.25) is 9.59 Å². The van der Waals surface area contributed by atoms with E-state index in [1.165, 1.54) is 96.3 Å². The Balaban J connectivity index is 4.17. The molecule has 0 aliphatic carbocycles. The number of aliphatic hydroxyl groups excluding tert-OH is 1. The van der Waals surface area contributed by atoms with Gasteiger partial charge in [0.15, 0.2) is 0 Å². The first kappa shape index (κ1) is 45.6. The molecule has 0 amide bonds. The van der Waals surface area contributed by atoms with Crippen LogP contribution in [0.5, 0.6) is 0 Å². The highest BCUT2D eigenvalue weighted by Gasteiger charge is 2.15. The van der Waals surface area contributed by atoms with Gasteiger partial charge in [-0.05, 0) is 84.2 Å². The Hall–Kier alpha value is -1.40. The molecule has 0 aromatic carbocycles. The first-order chi connectivity index (χ1) is 23.0. The normalized spacial score (nSPS) is 12.4. The molecule has 0 saturated heterocycles. The fourth-order valence-electron chi connectivity index (χ4n) is 6.10. The van der Waals surface area contributed by atoms with Crippen LogP contribution in [0.25, 0.3) is 0 Å². The van der Waals surface area contributed by atoms with Gasteiger partial charge in [-0.15, -0.1) is 0 Å². The number of carbonyl (C=O) groups is 2. The Bertz CT molecular complexity index is 696. The van der Waals surface area contributed by atoms with Crippen LogP contribution in [-0.4, -0.2) is 60.4 Å². The van der Waals surface area contributed by atoms with Gasteiger partial charge >= 0.3 is 11.9 Å². The maximum atomic E-state index is 12.7. The fourth-order valence-corrected chi connectivity index (χ4v) is 6.10. The number of ether oxygens (including phenoxy) is 2. The first-order valence-corrected chi connectivity index (χ1v) is 20.3.